The molecule has 1 aromatic rings. The van der Waals surface area contributed by atoms with Crippen molar-refractivity contribution in [2.24, 2.45) is 5.92 Å². The minimum absolute atomic E-state index is 0.0821. The Morgan fingerprint density at radius 1 is 1.04 bits per heavy atom. The summed E-state index contributed by atoms with van der Waals surface area (Å²) in [4.78, 5) is 28.7. The molecule has 1 saturated carbocycles. The average molecular weight is 372 g/mol. The highest BCUT2D eigenvalue weighted by Crippen LogP contribution is 2.24. The van der Waals surface area contributed by atoms with E-state index in [1.165, 1.54) is 19.3 Å². The lowest BCUT2D eigenvalue weighted by Crippen LogP contribution is -2.55. The van der Waals surface area contributed by atoms with Gasteiger partial charge in [0.2, 0.25) is 5.91 Å². The summed E-state index contributed by atoms with van der Waals surface area (Å²) < 4.78 is 0. The average Bonchev–Trinajstić information content (AvgIpc) is 2.69. The van der Waals surface area contributed by atoms with Crippen LogP contribution in [0.4, 0.5) is 5.69 Å². The van der Waals surface area contributed by atoms with Crippen molar-refractivity contribution in [3.05, 3.63) is 29.8 Å². The topological polar surface area (TPSA) is 52.7 Å². The van der Waals surface area contributed by atoms with Gasteiger partial charge < -0.3 is 10.2 Å². The molecule has 0 unspecified atom stereocenters. The molecule has 1 aliphatic carbocycles. The lowest BCUT2D eigenvalue weighted by atomic mass is 9.86. The maximum absolute atomic E-state index is 12.7. The van der Waals surface area contributed by atoms with Crippen LogP contribution in [0.5, 0.6) is 0 Å². The smallest absolute Gasteiger partial charge is 0.237 e. The van der Waals surface area contributed by atoms with Gasteiger partial charge in [-0.25, -0.2) is 0 Å². The SMILES string of the molecule is CC(=O)c1ccc(N2CCN([C@H](C)C(=O)N[C@@H]3CCCC[C@H]3C)CC2)cc1. The summed E-state index contributed by atoms with van der Waals surface area (Å²) in [5.74, 6) is 0.858. The summed E-state index contributed by atoms with van der Waals surface area (Å²) in [6, 6.07) is 8.09. The number of Topliss-reactive ketones (excluding diaryl/α,β-unsaturated/α-hetero) is 1. The first kappa shape index (κ1) is 19.9. The van der Waals surface area contributed by atoms with Gasteiger partial charge in [0, 0.05) is 43.5 Å². The number of nitrogens with zero attached hydrogens (tertiary/aromatic N) is 2. The molecule has 0 aromatic heterocycles. The van der Waals surface area contributed by atoms with Gasteiger partial charge in [0.05, 0.1) is 6.04 Å². The number of hydrogen-bond donors (Lipinski definition) is 1. The van der Waals surface area contributed by atoms with E-state index in [2.05, 4.69) is 22.0 Å². The Morgan fingerprint density at radius 2 is 1.67 bits per heavy atom. The Hall–Kier alpha value is -1.88. The van der Waals surface area contributed by atoms with Gasteiger partial charge in [-0.3, -0.25) is 14.5 Å². The van der Waals surface area contributed by atoms with Crippen LogP contribution >= 0.6 is 0 Å². The molecule has 1 amide bonds. The van der Waals surface area contributed by atoms with E-state index in [1.54, 1.807) is 6.92 Å². The van der Waals surface area contributed by atoms with E-state index in [-0.39, 0.29) is 17.7 Å². The van der Waals surface area contributed by atoms with Crippen LogP contribution in [-0.4, -0.2) is 54.9 Å². The quantitative estimate of drug-likeness (QED) is 0.808. The molecule has 1 aromatic carbocycles. The Bertz CT molecular complexity index is 650. The Labute approximate surface area is 163 Å². The van der Waals surface area contributed by atoms with E-state index in [9.17, 15) is 9.59 Å². The first-order valence-corrected chi connectivity index (χ1v) is 10.4. The summed E-state index contributed by atoms with van der Waals surface area (Å²) in [6.45, 7) is 9.43. The molecule has 5 nitrogen and oxygen atoms in total. The molecule has 1 heterocycles. The third-order valence-corrected chi connectivity index (χ3v) is 6.32. The number of anilines is 1. The van der Waals surface area contributed by atoms with E-state index in [1.807, 2.05) is 31.2 Å². The molecule has 3 rings (SSSR count). The molecule has 1 N–H and O–H groups in total. The summed E-state index contributed by atoms with van der Waals surface area (Å²) in [6.07, 6.45) is 4.85. The lowest BCUT2D eigenvalue weighted by Gasteiger charge is -2.39. The van der Waals surface area contributed by atoms with Gasteiger partial charge in [0.15, 0.2) is 5.78 Å². The second kappa shape index (κ2) is 8.87. The van der Waals surface area contributed by atoms with Crippen LogP contribution in [0.1, 0.15) is 56.8 Å². The molecule has 0 spiro atoms. The van der Waals surface area contributed by atoms with Gasteiger partial charge >= 0.3 is 0 Å². The van der Waals surface area contributed by atoms with Gasteiger partial charge in [-0.1, -0.05) is 19.8 Å². The lowest BCUT2D eigenvalue weighted by molar-refractivity contribution is -0.127. The fourth-order valence-corrected chi connectivity index (χ4v) is 4.27. The molecular weight excluding hydrogens is 338 g/mol. The zero-order chi connectivity index (χ0) is 19.4. The molecule has 5 heteroatoms. The Balaban J connectivity index is 1.50. The van der Waals surface area contributed by atoms with Gasteiger partial charge in [-0.15, -0.1) is 0 Å². The van der Waals surface area contributed by atoms with E-state index < -0.39 is 0 Å². The number of ketones is 1. The number of carbonyl (C=O) groups excluding carboxylic acids is 2. The van der Waals surface area contributed by atoms with Gasteiger partial charge in [-0.2, -0.15) is 0 Å². The summed E-state index contributed by atoms with van der Waals surface area (Å²) in [5.41, 5.74) is 1.90. The minimum Gasteiger partial charge on any atom is -0.369 e. The van der Waals surface area contributed by atoms with E-state index in [0.717, 1.165) is 43.9 Å². The van der Waals surface area contributed by atoms with Crippen LogP contribution < -0.4 is 10.2 Å². The van der Waals surface area contributed by atoms with E-state index in [0.29, 0.717) is 12.0 Å². The Morgan fingerprint density at radius 3 is 2.26 bits per heavy atom. The number of carbonyl (C=O) groups is 2. The van der Waals surface area contributed by atoms with Crippen molar-refractivity contribution in [1.29, 1.82) is 0 Å². The van der Waals surface area contributed by atoms with Crippen molar-refractivity contribution in [2.45, 2.75) is 58.5 Å². The van der Waals surface area contributed by atoms with Gasteiger partial charge in [-0.05, 0) is 56.9 Å². The minimum atomic E-state index is -0.0821. The number of piperazine rings is 1. The molecule has 1 aliphatic heterocycles. The van der Waals surface area contributed by atoms with Crippen LogP contribution in [0.25, 0.3) is 0 Å². The van der Waals surface area contributed by atoms with Crippen LogP contribution in [0.2, 0.25) is 0 Å². The zero-order valence-corrected chi connectivity index (χ0v) is 16.9. The van der Waals surface area contributed by atoms with Gasteiger partial charge in [0.1, 0.15) is 0 Å². The van der Waals surface area contributed by atoms with Crippen LogP contribution in [0, 0.1) is 5.92 Å². The third kappa shape index (κ3) is 4.89. The van der Waals surface area contributed by atoms with Crippen LogP contribution in [0.3, 0.4) is 0 Å². The molecule has 2 aliphatic rings. The first-order valence-electron chi connectivity index (χ1n) is 10.4. The normalized spacial score (nSPS) is 25.1. The van der Waals surface area contributed by atoms with Crippen molar-refractivity contribution < 1.29 is 9.59 Å². The second-order valence-corrected chi connectivity index (χ2v) is 8.18. The Kier molecular flexibility index (Phi) is 6.53. The molecule has 3 atom stereocenters. The molecular formula is C22H33N3O2. The number of amides is 1. The second-order valence-electron chi connectivity index (χ2n) is 8.18. The van der Waals surface area contributed by atoms with E-state index in [4.69, 9.17) is 0 Å². The first-order chi connectivity index (χ1) is 13.0. The van der Waals surface area contributed by atoms with Crippen LogP contribution in [0.15, 0.2) is 24.3 Å². The molecule has 0 bridgehead atoms. The molecule has 148 valence electrons. The summed E-state index contributed by atoms with van der Waals surface area (Å²) in [7, 11) is 0. The van der Waals surface area contributed by atoms with Crippen molar-refractivity contribution in [3.63, 3.8) is 0 Å². The summed E-state index contributed by atoms with van der Waals surface area (Å²) in [5, 5.41) is 3.30. The fourth-order valence-electron chi connectivity index (χ4n) is 4.27. The number of hydrogen-bond acceptors (Lipinski definition) is 4. The fraction of sp³-hybridized carbons (Fsp3) is 0.636. The van der Waals surface area contributed by atoms with Crippen molar-refractivity contribution >= 4 is 17.4 Å². The molecule has 2 fully saturated rings. The standard InChI is InChI=1S/C22H33N3O2/c1-16-6-4-5-7-21(16)23-22(27)17(2)24-12-14-25(15-13-24)20-10-8-19(9-11-20)18(3)26/h8-11,16-17,21H,4-7,12-15H2,1-3H3,(H,23,27)/t16-,17-,21-/m1/s1. The van der Waals surface area contributed by atoms with Crippen molar-refractivity contribution in [1.82, 2.24) is 10.2 Å². The maximum atomic E-state index is 12.7. The number of nitrogens with one attached hydrogen (secondary N) is 1. The van der Waals surface area contributed by atoms with Crippen molar-refractivity contribution in [2.75, 3.05) is 31.1 Å². The zero-order valence-electron chi connectivity index (χ0n) is 16.9. The highest BCUT2D eigenvalue weighted by Gasteiger charge is 2.29. The largest absolute Gasteiger partial charge is 0.369 e. The number of rotatable bonds is 5. The predicted molar refractivity (Wildman–Crippen MR) is 109 cm³/mol. The van der Waals surface area contributed by atoms with Crippen molar-refractivity contribution in [3.8, 4) is 0 Å². The predicted octanol–water partition coefficient (Wildman–Crippen LogP) is 3.09. The maximum Gasteiger partial charge on any atom is 0.237 e. The highest BCUT2D eigenvalue weighted by molar-refractivity contribution is 5.94. The van der Waals surface area contributed by atoms with Crippen LogP contribution in [-0.2, 0) is 4.79 Å². The molecule has 1 saturated heterocycles. The molecule has 0 radical (unpaired) electrons. The molecule has 27 heavy (non-hydrogen) atoms. The number of benzene rings is 1. The third-order valence-electron chi connectivity index (χ3n) is 6.32. The monoisotopic (exact) mass is 371 g/mol. The summed E-state index contributed by atoms with van der Waals surface area (Å²) >= 11 is 0. The highest BCUT2D eigenvalue weighted by atomic mass is 16.2. The van der Waals surface area contributed by atoms with Gasteiger partial charge in [0.25, 0.3) is 0 Å². The van der Waals surface area contributed by atoms with E-state index >= 15 is 0 Å².